The van der Waals surface area contributed by atoms with Crippen LogP contribution in [0.1, 0.15) is 31.4 Å². The van der Waals surface area contributed by atoms with Gasteiger partial charge in [0.25, 0.3) is 0 Å². The maximum Gasteiger partial charge on any atom is 0.162 e. The summed E-state index contributed by atoms with van der Waals surface area (Å²) < 4.78 is 17.1. The normalized spacial score (nSPS) is 24.2. The Balaban J connectivity index is 1.41. The highest BCUT2D eigenvalue weighted by Crippen LogP contribution is 2.25. The Morgan fingerprint density at radius 1 is 1.12 bits per heavy atom. The fraction of sp³-hybridized carbons (Fsp3) is 0.611. The maximum atomic E-state index is 5.83. The zero-order valence-electron chi connectivity index (χ0n) is 13.9. The lowest BCUT2D eigenvalue weighted by Gasteiger charge is -2.26. The van der Waals surface area contributed by atoms with E-state index in [-0.39, 0.29) is 0 Å². The van der Waals surface area contributed by atoms with Gasteiger partial charge in [-0.25, -0.2) is 4.98 Å². The molecular formula is C18H24N2O3S. The van der Waals surface area contributed by atoms with Gasteiger partial charge in [0.1, 0.15) is 0 Å². The van der Waals surface area contributed by atoms with Crippen molar-refractivity contribution in [3.63, 3.8) is 0 Å². The quantitative estimate of drug-likeness (QED) is 0.766. The molecule has 0 spiro atoms. The highest BCUT2D eigenvalue weighted by atomic mass is 32.1. The van der Waals surface area contributed by atoms with E-state index in [0.717, 1.165) is 62.2 Å². The second kappa shape index (κ2) is 7.78. The molecule has 2 aliphatic rings. The molecular weight excluding hydrogens is 324 g/mol. The minimum atomic E-state index is 0.356. The molecule has 0 aliphatic carbocycles. The largest absolute Gasteiger partial charge is 0.462 e. The number of furan rings is 1. The first-order valence-electron chi connectivity index (χ1n) is 8.80. The molecule has 0 amide bonds. The zero-order valence-corrected chi connectivity index (χ0v) is 14.7. The molecule has 5 nitrogen and oxygen atoms in total. The van der Waals surface area contributed by atoms with E-state index in [0.29, 0.717) is 12.2 Å². The number of rotatable bonds is 7. The van der Waals surface area contributed by atoms with Gasteiger partial charge in [0, 0.05) is 38.2 Å². The molecule has 0 saturated carbocycles. The molecule has 0 bridgehead atoms. The van der Waals surface area contributed by atoms with Crippen LogP contribution in [0.15, 0.2) is 28.2 Å². The number of nitrogens with zero attached hydrogens (tertiary/aromatic N) is 2. The van der Waals surface area contributed by atoms with Gasteiger partial charge in [0.15, 0.2) is 10.8 Å². The van der Waals surface area contributed by atoms with Gasteiger partial charge in [-0.05, 0) is 37.8 Å². The molecule has 0 aromatic carbocycles. The standard InChI is InChI=1S/C18H24N2O3S/c1-4-15(21-7-1)11-20(12-16-5-2-8-22-16)10-14-13-24-18(19-14)17-6-3-9-23-17/h3,6,9,13,15-16H,1-2,4-5,7-8,10-12H2/t15-,16+. The van der Waals surface area contributed by atoms with E-state index in [1.54, 1.807) is 17.6 Å². The molecule has 0 radical (unpaired) electrons. The fourth-order valence-electron chi connectivity index (χ4n) is 3.48. The summed E-state index contributed by atoms with van der Waals surface area (Å²) in [6.07, 6.45) is 7.09. The third kappa shape index (κ3) is 4.06. The van der Waals surface area contributed by atoms with Crippen LogP contribution < -0.4 is 0 Å². The number of hydrogen-bond acceptors (Lipinski definition) is 6. The van der Waals surface area contributed by atoms with E-state index >= 15 is 0 Å². The summed E-state index contributed by atoms with van der Waals surface area (Å²) in [5.41, 5.74) is 1.10. The van der Waals surface area contributed by atoms with Crippen molar-refractivity contribution in [2.75, 3.05) is 26.3 Å². The van der Waals surface area contributed by atoms with Gasteiger partial charge in [0.2, 0.25) is 0 Å². The zero-order chi connectivity index (χ0) is 16.2. The van der Waals surface area contributed by atoms with Gasteiger partial charge >= 0.3 is 0 Å². The smallest absolute Gasteiger partial charge is 0.162 e. The van der Waals surface area contributed by atoms with Crippen molar-refractivity contribution < 1.29 is 13.9 Å². The Kier molecular flexibility index (Phi) is 5.27. The minimum Gasteiger partial charge on any atom is -0.462 e. The number of thiazole rings is 1. The van der Waals surface area contributed by atoms with Crippen LogP contribution in [-0.4, -0.2) is 48.4 Å². The topological polar surface area (TPSA) is 47.7 Å². The van der Waals surface area contributed by atoms with E-state index in [2.05, 4.69) is 10.3 Å². The Bertz CT molecular complexity index is 598. The average Bonchev–Trinajstić information content (AvgIpc) is 3.37. The summed E-state index contributed by atoms with van der Waals surface area (Å²) in [5, 5.41) is 3.08. The van der Waals surface area contributed by atoms with Gasteiger partial charge in [-0.3, -0.25) is 4.90 Å². The van der Waals surface area contributed by atoms with E-state index < -0.39 is 0 Å². The van der Waals surface area contributed by atoms with Crippen LogP contribution in [0.25, 0.3) is 10.8 Å². The van der Waals surface area contributed by atoms with Crippen molar-refractivity contribution >= 4 is 11.3 Å². The molecule has 6 heteroatoms. The van der Waals surface area contributed by atoms with E-state index in [1.807, 2.05) is 12.1 Å². The lowest BCUT2D eigenvalue weighted by molar-refractivity contribution is 0.0342. The van der Waals surface area contributed by atoms with Crippen molar-refractivity contribution in [2.45, 2.75) is 44.4 Å². The monoisotopic (exact) mass is 348 g/mol. The summed E-state index contributed by atoms with van der Waals surface area (Å²) in [6.45, 7) is 4.58. The summed E-state index contributed by atoms with van der Waals surface area (Å²) in [5.74, 6) is 0.844. The lowest BCUT2D eigenvalue weighted by Crippen LogP contribution is -2.37. The van der Waals surface area contributed by atoms with Crippen LogP contribution in [0, 0.1) is 0 Å². The predicted molar refractivity (Wildman–Crippen MR) is 93.0 cm³/mol. The summed E-state index contributed by atoms with van der Waals surface area (Å²) in [4.78, 5) is 7.19. The van der Waals surface area contributed by atoms with E-state index in [4.69, 9.17) is 18.9 Å². The van der Waals surface area contributed by atoms with Crippen LogP contribution in [0.4, 0.5) is 0 Å². The molecule has 2 aromatic heterocycles. The highest BCUT2D eigenvalue weighted by Gasteiger charge is 2.24. The average molecular weight is 348 g/mol. The number of hydrogen-bond donors (Lipinski definition) is 0. The van der Waals surface area contributed by atoms with Gasteiger partial charge in [-0.15, -0.1) is 11.3 Å². The Hall–Kier alpha value is -1.21. The van der Waals surface area contributed by atoms with Crippen LogP contribution in [0.5, 0.6) is 0 Å². The van der Waals surface area contributed by atoms with Crippen molar-refractivity contribution in [2.24, 2.45) is 0 Å². The first-order chi connectivity index (χ1) is 11.9. The molecule has 0 unspecified atom stereocenters. The van der Waals surface area contributed by atoms with Crippen LogP contribution in [0.2, 0.25) is 0 Å². The van der Waals surface area contributed by atoms with Crippen molar-refractivity contribution in [1.29, 1.82) is 0 Å². The first kappa shape index (κ1) is 16.3. The second-order valence-electron chi connectivity index (χ2n) is 6.59. The fourth-order valence-corrected chi connectivity index (χ4v) is 4.26. The first-order valence-corrected chi connectivity index (χ1v) is 9.68. The summed E-state index contributed by atoms with van der Waals surface area (Å²) in [7, 11) is 0. The Labute approximate surface area is 146 Å². The van der Waals surface area contributed by atoms with E-state index in [9.17, 15) is 0 Å². The number of ether oxygens (including phenoxy) is 2. The molecule has 4 heterocycles. The predicted octanol–water partition coefficient (Wildman–Crippen LogP) is 3.56. The summed E-state index contributed by atoms with van der Waals surface area (Å²) in [6, 6.07) is 3.86. The van der Waals surface area contributed by atoms with Gasteiger partial charge < -0.3 is 13.9 Å². The summed E-state index contributed by atoms with van der Waals surface area (Å²) >= 11 is 1.64. The van der Waals surface area contributed by atoms with Gasteiger partial charge in [-0.1, -0.05) is 0 Å². The lowest BCUT2D eigenvalue weighted by atomic mass is 10.2. The van der Waals surface area contributed by atoms with Crippen molar-refractivity contribution in [1.82, 2.24) is 9.88 Å². The molecule has 24 heavy (non-hydrogen) atoms. The van der Waals surface area contributed by atoms with Crippen LogP contribution in [0.3, 0.4) is 0 Å². The van der Waals surface area contributed by atoms with Crippen molar-refractivity contribution in [3.05, 3.63) is 29.5 Å². The Morgan fingerprint density at radius 3 is 2.46 bits per heavy atom. The van der Waals surface area contributed by atoms with E-state index in [1.165, 1.54) is 12.8 Å². The highest BCUT2D eigenvalue weighted by molar-refractivity contribution is 7.13. The molecule has 4 rings (SSSR count). The molecule has 2 fully saturated rings. The molecule has 2 aliphatic heterocycles. The molecule has 2 saturated heterocycles. The molecule has 2 atom stereocenters. The maximum absolute atomic E-state index is 5.83. The third-order valence-corrected chi connectivity index (χ3v) is 5.55. The molecule has 2 aromatic rings. The van der Waals surface area contributed by atoms with Gasteiger partial charge in [0.05, 0.1) is 24.2 Å². The van der Waals surface area contributed by atoms with Crippen LogP contribution in [-0.2, 0) is 16.0 Å². The van der Waals surface area contributed by atoms with Crippen molar-refractivity contribution in [3.8, 4) is 10.8 Å². The number of aromatic nitrogens is 1. The molecule has 130 valence electrons. The SMILES string of the molecule is c1coc(-c2nc(CN(C[C@H]3CCCO3)C[C@@H]3CCCO3)cs2)c1. The van der Waals surface area contributed by atoms with Gasteiger partial charge in [-0.2, -0.15) is 0 Å². The molecule has 0 N–H and O–H groups in total. The third-order valence-electron chi connectivity index (χ3n) is 4.64. The Morgan fingerprint density at radius 2 is 1.88 bits per heavy atom. The minimum absolute atomic E-state index is 0.356. The second-order valence-corrected chi connectivity index (χ2v) is 7.44. The van der Waals surface area contributed by atoms with Crippen LogP contribution >= 0.6 is 11.3 Å².